The molecule has 1 aliphatic rings. The Kier molecular flexibility index (Phi) is 5.07. The van der Waals surface area contributed by atoms with Gasteiger partial charge in [0.25, 0.3) is 0 Å². The topological polar surface area (TPSA) is 58.6 Å². The molecule has 0 aliphatic carbocycles. The Balaban J connectivity index is 1.71. The van der Waals surface area contributed by atoms with Crippen molar-refractivity contribution in [2.75, 3.05) is 23.9 Å². The van der Waals surface area contributed by atoms with Gasteiger partial charge in [-0.05, 0) is 30.3 Å². The van der Waals surface area contributed by atoms with E-state index in [4.69, 9.17) is 4.74 Å². The fraction of sp³-hybridized carbons (Fsp3) is 0.263. The lowest BCUT2D eigenvalue weighted by atomic mass is 10.1. The van der Waals surface area contributed by atoms with Gasteiger partial charge in [-0.15, -0.1) is 0 Å². The molecule has 2 aromatic carbocycles. The molecule has 1 aliphatic heterocycles. The zero-order valence-electron chi connectivity index (χ0n) is 14.4. The Morgan fingerprint density at radius 3 is 2.63 bits per heavy atom. The van der Waals surface area contributed by atoms with E-state index in [-0.39, 0.29) is 24.6 Å². The van der Waals surface area contributed by atoms with Crippen LogP contribution in [0, 0.1) is 5.92 Å². The number of ether oxygens (including phenoxy) is 1. The first-order valence-electron chi connectivity index (χ1n) is 8.20. The molecular formula is C19H17F3N2O3. The number of hydrogen-bond donors (Lipinski definition) is 1. The molecule has 1 atom stereocenters. The van der Waals surface area contributed by atoms with E-state index in [9.17, 15) is 22.8 Å². The molecule has 8 heteroatoms. The highest BCUT2D eigenvalue weighted by atomic mass is 19.4. The lowest BCUT2D eigenvalue weighted by Crippen LogP contribution is -2.28. The van der Waals surface area contributed by atoms with E-state index in [2.05, 4.69) is 5.32 Å². The zero-order chi connectivity index (χ0) is 19.6. The maximum Gasteiger partial charge on any atom is 0.416 e. The average Bonchev–Trinajstić information content (AvgIpc) is 3.03. The summed E-state index contributed by atoms with van der Waals surface area (Å²) >= 11 is 0. The summed E-state index contributed by atoms with van der Waals surface area (Å²) in [7, 11) is 1.51. The third kappa shape index (κ3) is 4.21. The van der Waals surface area contributed by atoms with Crippen LogP contribution in [0.15, 0.2) is 48.5 Å². The van der Waals surface area contributed by atoms with Crippen LogP contribution in [0.1, 0.15) is 12.0 Å². The van der Waals surface area contributed by atoms with Crippen molar-refractivity contribution in [1.82, 2.24) is 0 Å². The standard InChI is InChI=1S/C19H17F3N2O3/c1-27-16-7-3-6-15(10-16)24-11-12(8-17(24)25)18(26)23-14-5-2-4-13(9-14)19(20,21)22/h2-7,9-10,12H,8,11H2,1H3,(H,23,26). The van der Waals surface area contributed by atoms with Crippen molar-refractivity contribution in [3.05, 3.63) is 54.1 Å². The van der Waals surface area contributed by atoms with Crippen LogP contribution < -0.4 is 15.0 Å². The van der Waals surface area contributed by atoms with E-state index in [1.54, 1.807) is 24.3 Å². The number of rotatable bonds is 4. The van der Waals surface area contributed by atoms with Crippen molar-refractivity contribution >= 4 is 23.2 Å². The molecule has 0 spiro atoms. The number of nitrogens with zero attached hydrogens (tertiary/aromatic N) is 1. The van der Waals surface area contributed by atoms with Gasteiger partial charge in [-0.25, -0.2) is 0 Å². The lowest BCUT2D eigenvalue weighted by molar-refractivity contribution is -0.137. The van der Waals surface area contributed by atoms with Crippen LogP contribution in [-0.4, -0.2) is 25.5 Å². The second-order valence-corrected chi connectivity index (χ2v) is 6.17. The van der Waals surface area contributed by atoms with E-state index in [0.29, 0.717) is 11.4 Å². The largest absolute Gasteiger partial charge is 0.497 e. The molecule has 0 saturated carbocycles. The number of alkyl halides is 3. The molecule has 1 saturated heterocycles. The molecular weight excluding hydrogens is 361 g/mol. The van der Waals surface area contributed by atoms with Crippen molar-refractivity contribution < 1.29 is 27.5 Å². The van der Waals surface area contributed by atoms with Gasteiger partial charge in [0.15, 0.2) is 0 Å². The van der Waals surface area contributed by atoms with E-state index in [0.717, 1.165) is 12.1 Å². The highest BCUT2D eigenvalue weighted by molar-refractivity contribution is 6.03. The molecule has 0 aromatic heterocycles. The predicted octanol–water partition coefficient (Wildman–Crippen LogP) is 3.71. The maximum absolute atomic E-state index is 12.8. The Labute approximate surface area is 153 Å². The van der Waals surface area contributed by atoms with E-state index in [1.807, 2.05) is 0 Å². The first-order chi connectivity index (χ1) is 12.8. The molecule has 0 radical (unpaired) electrons. The van der Waals surface area contributed by atoms with Gasteiger partial charge in [-0.3, -0.25) is 9.59 Å². The average molecular weight is 378 g/mol. The van der Waals surface area contributed by atoms with Crippen LogP contribution in [0.4, 0.5) is 24.5 Å². The van der Waals surface area contributed by atoms with Gasteiger partial charge in [-0.1, -0.05) is 12.1 Å². The molecule has 2 amide bonds. The van der Waals surface area contributed by atoms with Gasteiger partial charge >= 0.3 is 6.18 Å². The number of methoxy groups -OCH3 is 1. The minimum absolute atomic E-state index is 0.0119. The normalized spacial score (nSPS) is 17.1. The van der Waals surface area contributed by atoms with Crippen LogP contribution in [0.5, 0.6) is 5.75 Å². The monoisotopic (exact) mass is 378 g/mol. The van der Waals surface area contributed by atoms with Crippen LogP contribution in [-0.2, 0) is 15.8 Å². The summed E-state index contributed by atoms with van der Waals surface area (Å²) in [6.45, 7) is 0.150. The van der Waals surface area contributed by atoms with Gasteiger partial charge in [0.1, 0.15) is 5.75 Å². The minimum Gasteiger partial charge on any atom is -0.497 e. The summed E-state index contributed by atoms with van der Waals surface area (Å²) in [5.74, 6) is -0.795. The van der Waals surface area contributed by atoms with Gasteiger partial charge in [0, 0.05) is 30.4 Å². The summed E-state index contributed by atoms with van der Waals surface area (Å²) in [5, 5.41) is 2.47. The molecule has 1 fully saturated rings. The van der Waals surface area contributed by atoms with Crippen molar-refractivity contribution in [3.8, 4) is 5.75 Å². The number of anilines is 2. The third-order valence-corrected chi connectivity index (χ3v) is 4.32. The van der Waals surface area contributed by atoms with Crippen molar-refractivity contribution in [1.29, 1.82) is 0 Å². The second kappa shape index (κ2) is 7.30. The smallest absolute Gasteiger partial charge is 0.416 e. The van der Waals surface area contributed by atoms with Crippen LogP contribution in [0.2, 0.25) is 0 Å². The molecule has 142 valence electrons. The zero-order valence-corrected chi connectivity index (χ0v) is 14.4. The molecule has 1 unspecified atom stereocenters. The number of halogens is 3. The number of carbonyl (C=O) groups excluding carboxylic acids is 2. The van der Waals surface area contributed by atoms with Crippen LogP contribution in [0.3, 0.4) is 0 Å². The molecule has 27 heavy (non-hydrogen) atoms. The van der Waals surface area contributed by atoms with Gasteiger partial charge in [-0.2, -0.15) is 13.2 Å². The lowest BCUT2D eigenvalue weighted by Gasteiger charge is -2.17. The Morgan fingerprint density at radius 2 is 1.93 bits per heavy atom. The highest BCUT2D eigenvalue weighted by Gasteiger charge is 2.36. The van der Waals surface area contributed by atoms with Crippen molar-refractivity contribution in [3.63, 3.8) is 0 Å². The third-order valence-electron chi connectivity index (χ3n) is 4.32. The number of nitrogens with one attached hydrogen (secondary N) is 1. The van der Waals surface area contributed by atoms with Crippen molar-refractivity contribution in [2.24, 2.45) is 5.92 Å². The van der Waals surface area contributed by atoms with E-state index < -0.39 is 23.6 Å². The molecule has 2 aromatic rings. The Bertz CT molecular complexity index is 867. The van der Waals surface area contributed by atoms with Crippen LogP contribution in [0.25, 0.3) is 0 Å². The Morgan fingerprint density at radius 1 is 1.19 bits per heavy atom. The number of carbonyl (C=O) groups is 2. The predicted molar refractivity (Wildman–Crippen MR) is 93.5 cm³/mol. The number of hydrogen-bond acceptors (Lipinski definition) is 3. The SMILES string of the molecule is COc1cccc(N2CC(C(=O)Nc3cccc(C(F)(F)F)c3)CC2=O)c1. The summed E-state index contributed by atoms with van der Waals surface area (Å²) in [6.07, 6.45) is -4.50. The molecule has 5 nitrogen and oxygen atoms in total. The second-order valence-electron chi connectivity index (χ2n) is 6.17. The first kappa shape index (κ1) is 18.8. The maximum atomic E-state index is 12.8. The van der Waals surface area contributed by atoms with Gasteiger partial charge in [0.2, 0.25) is 11.8 Å². The van der Waals surface area contributed by atoms with Gasteiger partial charge in [0.05, 0.1) is 18.6 Å². The fourth-order valence-electron chi connectivity index (χ4n) is 2.93. The highest BCUT2D eigenvalue weighted by Crippen LogP contribution is 2.32. The summed E-state index contributed by atoms with van der Waals surface area (Å²) in [6, 6.07) is 11.3. The molecule has 0 bridgehead atoms. The van der Waals surface area contributed by atoms with Crippen LogP contribution >= 0.6 is 0 Å². The van der Waals surface area contributed by atoms with Crippen molar-refractivity contribution in [2.45, 2.75) is 12.6 Å². The summed E-state index contributed by atoms with van der Waals surface area (Å²) in [4.78, 5) is 26.2. The number of amides is 2. The Hall–Kier alpha value is -3.03. The number of benzene rings is 2. The molecule has 1 heterocycles. The summed E-state index contributed by atoms with van der Waals surface area (Å²) in [5.41, 5.74) is -0.198. The minimum atomic E-state index is -4.49. The van der Waals surface area contributed by atoms with E-state index in [1.165, 1.54) is 24.1 Å². The molecule has 1 N–H and O–H groups in total. The van der Waals surface area contributed by atoms with E-state index >= 15 is 0 Å². The molecule has 3 rings (SSSR count). The first-order valence-corrected chi connectivity index (χ1v) is 8.20. The van der Waals surface area contributed by atoms with Gasteiger partial charge < -0.3 is 15.0 Å². The summed E-state index contributed by atoms with van der Waals surface area (Å²) < 4.78 is 43.5. The fourth-order valence-corrected chi connectivity index (χ4v) is 2.93. The quantitative estimate of drug-likeness (QED) is 0.883.